The van der Waals surface area contributed by atoms with Gasteiger partial charge in [-0.15, -0.1) is 0 Å². The third-order valence-corrected chi connectivity index (χ3v) is 5.08. The Balaban J connectivity index is 3.06. The normalized spacial score (nSPS) is 13.0. The fourth-order valence-electron chi connectivity index (χ4n) is 1.29. The van der Waals surface area contributed by atoms with Crippen molar-refractivity contribution in [2.24, 2.45) is 0 Å². The Hall–Kier alpha value is -0.340. The number of amides is 1. The molecule has 1 aromatic carbocycles. The van der Waals surface area contributed by atoms with E-state index in [-0.39, 0.29) is 27.9 Å². The van der Waals surface area contributed by atoms with Gasteiger partial charge >= 0.3 is 0 Å². The zero-order chi connectivity index (χ0) is 15.5. The van der Waals surface area contributed by atoms with Crippen LogP contribution in [0.3, 0.4) is 0 Å². The Kier molecular flexibility index (Phi) is 6.27. The molecule has 0 saturated heterocycles. The van der Waals surface area contributed by atoms with Gasteiger partial charge in [-0.3, -0.25) is 9.00 Å². The number of rotatable bonds is 5. The molecule has 0 aromatic heterocycles. The smallest absolute Gasteiger partial charge is 0.262 e. The van der Waals surface area contributed by atoms with Crippen LogP contribution in [0.4, 0.5) is 0 Å². The van der Waals surface area contributed by atoms with Crippen molar-refractivity contribution in [2.75, 3.05) is 18.6 Å². The highest BCUT2D eigenvalue weighted by atomic mass is 35.7. The molecule has 0 saturated carbocycles. The maximum Gasteiger partial charge on any atom is 0.262 e. The zero-order valence-corrected chi connectivity index (χ0v) is 14.1. The van der Waals surface area contributed by atoms with Crippen LogP contribution in [-0.4, -0.2) is 37.1 Å². The fourth-order valence-corrected chi connectivity index (χ4v) is 3.51. The molecule has 0 radical (unpaired) electrons. The second kappa shape index (κ2) is 7.09. The summed E-state index contributed by atoms with van der Waals surface area (Å²) in [6.45, 7) is 0.170. The molecule has 5 nitrogen and oxygen atoms in total. The predicted octanol–water partition coefficient (Wildman–Crippen LogP) is 2.03. The number of halogens is 3. The molecule has 10 heteroatoms. The van der Waals surface area contributed by atoms with Crippen molar-refractivity contribution in [3.05, 3.63) is 27.7 Å². The van der Waals surface area contributed by atoms with Gasteiger partial charge in [0.1, 0.15) is 4.90 Å². The summed E-state index contributed by atoms with van der Waals surface area (Å²) in [5, 5.41) is 2.30. The third-order valence-electron chi connectivity index (χ3n) is 2.20. The summed E-state index contributed by atoms with van der Waals surface area (Å²) in [7, 11) is 0.0726. The monoisotopic (exact) mass is 377 g/mol. The first kappa shape index (κ1) is 17.7. The van der Waals surface area contributed by atoms with Gasteiger partial charge in [0.25, 0.3) is 15.0 Å². The minimum Gasteiger partial charge on any atom is -0.351 e. The summed E-state index contributed by atoms with van der Waals surface area (Å²) in [6, 6.07) is 2.14. The van der Waals surface area contributed by atoms with E-state index in [0.717, 1.165) is 12.1 Å². The summed E-state index contributed by atoms with van der Waals surface area (Å²) in [5.74, 6) is -0.323. The molecular weight excluding hydrogens is 369 g/mol. The molecule has 0 aliphatic rings. The van der Waals surface area contributed by atoms with Gasteiger partial charge in [0.05, 0.1) is 15.6 Å². The second-order valence-electron chi connectivity index (χ2n) is 3.73. The standard InChI is InChI=1S/C10H10Cl3NO4S2/c1-19(16)3-2-14-10(15)6-4-9(20(13,17)18)8(12)5-7(6)11/h4-5H,2-3H2,1H3,(H,14,15). The zero-order valence-electron chi connectivity index (χ0n) is 10.2. The largest absolute Gasteiger partial charge is 0.351 e. The van der Waals surface area contributed by atoms with Crippen LogP contribution in [0.5, 0.6) is 0 Å². The Morgan fingerprint density at radius 2 is 1.90 bits per heavy atom. The molecular formula is C10H10Cl3NO4S2. The first-order chi connectivity index (χ1) is 9.12. The average molecular weight is 379 g/mol. The molecule has 20 heavy (non-hydrogen) atoms. The van der Waals surface area contributed by atoms with E-state index in [9.17, 15) is 17.4 Å². The first-order valence-electron chi connectivity index (χ1n) is 5.15. The number of carbonyl (C=O) groups is 1. The lowest BCUT2D eigenvalue weighted by Crippen LogP contribution is -2.28. The summed E-state index contributed by atoms with van der Waals surface area (Å²) in [4.78, 5) is 11.5. The van der Waals surface area contributed by atoms with Gasteiger partial charge < -0.3 is 5.32 Å². The van der Waals surface area contributed by atoms with Crippen molar-refractivity contribution < 1.29 is 17.4 Å². The molecule has 0 fully saturated rings. The van der Waals surface area contributed by atoms with Gasteiger partial charge in [-0.05, 0) is 12.1 Å². The molecule has 1 aromatic rings. The highest BCUT2D eigenvalue weighted by Crippen LogP contribution is 2.30. The van der Waals surface area contributed by atoms with Gasteiger partial charge in [-0.2, -0.15) is 0 Å². The van der Waals surface area contributed by atoms with Crippen molar-refractivity contribution in [1.29, 1.82) is 0 Å². The lowest BCUT2D eigenvalue weighted by Gasteiger charge is -2.08. The van der Waals surface area contributed by atoms with E-state index in [4.69, 9.17) is 33.9 Å². The highest BCUT2D eigenvalue weighted by Gasteiger charge is 2.20. The molecule has 0 spiro atoms. The first-order valence-corrected chi connectivity index (χ1v) is 9.94. The average Bonchev–Trinajstić information content (AvgIpc) is 2.26. The van der Waals surface area contributed by atoms with Gasteiger partial charge in [0.2, 0.25) is 0 Å². The predicted molar refractivity (Wildman–Crippen MR) is 80.8 cm³/mol. The molecule has 1 rings (SSSR count). The third kappa shape index (κ3) is 4.89. The maximum atomic E-state index is 11.9. The summed E-state index contributed by atoms with van der Waals surface area (Å²) in [6.07, 6.45) is 1.50. The van der Waals surface area contributed by atoms with E-state index < -0.39 is 30.7 Å². The van der Waals surface area contributed by atoms with Gasteiger partial charge in [0, 0.05) is 40.0 Å². The van der Waals surface area contributed by atoms with Crippen LogP contribution >= 0.6 is 33.9 Å². The minimum absolute atomic E-state index is 0.00538. The molecule has 0 aliphatic heterocycles. The molecule has 0 aliphatic carbocycles. The molecule has 0 heterocycles. The van der Waals surface area contributed by atoms with E-state index in [1.807, 2.05) is 0 Å². The van der Waals surface area contributed by atoms with E-state index >= 15 is 0 Å². The van der Waals surface area contributed by atoms with Crippen molar-refractivity contribution in [3.8, 4) is 0 Å². The van der Waals surface area contributed by atoms with Gasteiger partial charge in [-0.1, -0.05) is 23.2 Å². The van der Waals surface area contributed by atoms with Crippen LogP contribution in [0.15, 0.2) is 17.0 Å². The van der Waals surface area contributed by atoms with Crippen molar-refractivity contribution in [2.45, 2.75) is 4.90 Å². The number of hydrogen-bond donors (Lipinski definition) is 1. The van der Waals surface area contributed by atoms with Crippen LogP contribution in [0, 0.1) is 0 Å². The SMILES string of the molecule is CS(=O)CCNC(=O)c1cc(S(=O)(=O)Cl)c(Cl)cc1Cl. The van der Waals surface area contributed by atoms with Crippen LogP contribution in [0.25, 0.3) is 0 Å². The minimum atomic E-state index is -4.09. The maximum absolute atomic E-state index is 11.9. The Labute approximate surface area is 133 Å². The van der Waals surface area contributed by atoms with Crippen molar-refractivity contribution in [1.82, 2.24) is 5.32 Å². The van der Waals surface area contributed by atoms with Gasteiger partial charge in [-0.25, -0.2) is 8.42 Å². The second-order valence-corrected chi connectivity index (χ2v) is 8.64. The van der Waals surface area contributed by atoms with Crippen LogP contribution in [-0.2, 0) is 19.9 Å². The number of carbonyl (C=O) groups excluding carboxylic acids is 1. The Morgan fingerprint density at radius 1 is 1.30 bits per heavy atom. The quantitative estimate of drug-likeness (QED) is 0.795. The Bertz CT molecular complexity index is 661. The number of hydrogen-bond acceptors (Lipinski definition) is 4. The van der Waals surface area contributed by atoms with E-state index in [1.165, 1.54) is 6.26 Å². The molecule has 1 N–H and O–H groups in total. The van der Waals surface area contributed by atoms with Crippen LogP contribution in [0.1, 0.15) is 10.4 Å². The van der Waals surface area contributed by atoms with Crippen LogP contribution in [0.2, 0.25) is 10.0 Å². The fraction of sp³-hybridized carbons (Fsp3) is 0.300. The van der Waals surface area contributed by atoms with Crippen molar-refractivity contribution >= 4 is 59.6 Å². The van der Waals surface area contributed by atoms with Crippen LogP contribution < -0.4 is 5.32 Å². The number of benzene rings is 1. The number of nitrogens with one attached hydrogen (secondary N) is 1. The molecule has 0 bridgehead atoms. The highest BCUT2D eigenvalue weighted by molar-refractivity contribution is 8.13. The lowest BCUT2D eigenvalue weighted by molar-refractivity contribution is 0.0956. The van der Waals surface area contributed by atoms with Crippen molar-refractivity contribution in [3.63, 3.8) is 0 Å². The summed E-state index contributed by atoms with van der Waals surface area (Å²) < 4.78 is 33.5. The molecule has 112 valence electrons. The Morgan fingerprint density at radius 3 is 2.40 bits per heavy atom. The molecule has 1 amide bonds. The van der Waals surface area contributed by atoms with E-state index in [0.29, 0.717) is 0 Å². The summed E-state index contributed by atoms with van der Waals surface area (Å²) in [5.41, 5.74) is -0.0721. The lowest BCUT2D eigenvalue weighted by atomic mass is 10.2. The topological polar surface area (TPSA) is 80.3 Å². The molecule has 1 atom stereocenters. The van der Waals surface area contributed by atoms with Gasteiger partial charge in [0.15, 0.2) is 0 Å². The summed E-state index contributed by atoms with van der Waals surface area (Å²) >= 11 is 11.6. The molecule has 1 unspecified atom stereocenters. The van der Waals surface area contributed by atoms with E-state index in [1.54, 1.807) is 0 Å². The van der Waals surface area contributed by atoms with E-state index in [2.05, 4.69) is 5.32 Å².